The summed E-state index contributed by atoms with van der Waals surface area (Å²) in [5, 5.41) is 8.99. The van der Waals surface area contributed by atoms with Gasteiger partial charge in [-0.15, -0.1) is 0 Å². The summed E-state index contributed by atoms with van der Waals surface area (Å²) in [6.07, 6.45) is 7.15. The lowest BCUT2D eigenvalue weighted by Gasteiger charge is -2.26. The summed E-state index contributed by atoms with van der Waals surface area (Å²) in [6, 6.07) is 7.91. The monoisotopic (exact) mass is 287 g/mol. The molecule has 0 spiro atoms. The van der Waals surface area contributed by atoms with Crippen molar-refractivity contribution in [3.05, 3.63) is 41.5 Å². The molecular formula is C17H21NO3. The van der Waals surface area contributed by atoms with Crippen LogP contribution >= 0.6 is 0 Å². The third-order valence-corrected chi connectivity index (χ3v) is 3.85. The number of hydrogen-bond donors (Lipinski definition) is 1. The molecule has 2 rings (SSSR count). The first-order chi connectivity index (χ1) is 10.1. The van der Waals surface area contributed by atoms with E-state index < -0.39 is 5.97 Å². The Morgan fingerprint density at radius 1 is 1.24 bits per heavy atom. The van der Waals surface area contributed by atoms with Gasteiger partial charge in [0, 0.05) is 12.1 Å². The van der Waals surface area contributed by atoms with Crippen molar-refractivity contribution in [3.8, 4) is 0 Å². The van der Waals surface area contributed by atoms with Gasteiger partial charge < -0.3 is 10.0 Å². The fraction of sp³-hybridized carbons (Fsp3) is 0.412. The van der Waals surface area contributed by atoms with Gasteiger partial charge in [-0.05, 0) is 31.4 Å². The predicted molar refractivity (Wildman–Crippen MR) is 81.8 cm³/mol. The van der Waals surface area contributed by atoms with Gasteiger partial charge in [0.05, 0.1) is 0 Å². The van der Waals surface area contributed by atoms with Crippen LogP contribution in [0.5, 0.6) is 0 Å². The molecule has 0 radical (unpaired) electrons. The zero-order valence-corrected chi connectivity index (χ0v) is 12.3. The molecule has 112 valence electrons. The van der Waals surface area contributed by atoms with Gasteiger partial charge in [0.2, 0.25) is 5.91 Å². The highest BCUT2D eigenvalue weighted by molar-refractivity contribution is 5.93. The molecule has 0 aromatic heterocycles. The highest BCUT2D eigenvalue weighted by atomic mass is 16.4. The topological polar surface area (TPSA) is 57.6 Å². The lowest BCUT2D eigenvalue weighted by atomic mass is 10.1. The molecule has 1 aromatic rings. The van der Waals surface area contributed by atoms with Gasteiger partial charge in [-0.1, -0.05) is 42.7 Å². The number of carboxylic acid groups (broad SMARTS) is 1. The van der Waals surface area contributed by atoms with E-state index in [4.69, 9.17) is 5.11 Å². The van der Waals surface area contributed by atoms with E-state index in [-0.39, 0.29) is 18.5 Å². The molecule has 0 unspecified atom stereocenters. The van der Waals surface area contributed by atoms with Gasteiger partial charge in [-0.3, -0.25) is 9.59 Å². The van der Waals surface area contributed by atoms with Crippen LogP contribution in [-0.4, -0.2) is 34.5 Å². The van der Waals surface area contributed by atoms with Crippen LogP contribution < -0.4 is 0 Å². The van der Waals surface area contributed by atoms with Crippen LogP contribution in [-0.2, 0) is 9.59 Å². The summed E-state index contributed by atoms with van der Waals surface area (Å²) < 4.78 is 0. The maximum Gasteiger partial charge on any atom is 0.323 e. The van der Waals surface area contributed by atoms with E-state index in [1.54, 1.807) is 6.08 Å². The van der Waals surface area contributed by atoms with Gasteiger partial charge in [0.15, 0.2) is 0 Å². The average molecular weight is 287 g/mol. The maximum absolute atomic E-state index is 12.3. The van der Waals surface area contributed by atoms with Crippen molar-refractivity contribution in [2.75, 3.05) is 6.54 Å². The van der Waals surface area contributed by atoms with Crippen molar-refractivity contribution < 1.29 is 14.7 Å². The van der Waals surface area contributed by atoms with Crippen LogP contribution in [0.25, 0.3) is 6.08 Å². The Bertz CT molecular complexity index is 527. The molecule has 1 aliphatic rings. The van der Waals surface area contributed by atoms with E-state index >= 15 is 0 Å². The molecule has 21 heavy (non-hydrogen) atoms. The molecule has 1 aromatic carbocycles. The van der Waals surface area contributed by atoms with Crippen molar-refractivity contribution in [2.45, 2.75) is 38.6 Å². The van der Waals surface area contributed by atoms with Crippen LogP contribution in [0.3, 0.4) is 0 Å². The van der Waals surface area contributed by atoms with E-state index in [9.17, 15) is 9.59 Å². The zero-order chi connectivity index (χ0) is 15.2. The first kappa shape index (κ1) is 15.3. The second-order valence-electron chi connectivity index (χ2n) is 5.54. The van der Waals surface area contributed by atoms with Crippen molar-refractivity contribution in [1.29, 1.82) is 0 Å². The summed E-state index contributed by atoms with van der Waals surface area (Å²) >= 11 is 0. The van der Waals surface area contributed by atoms with Gasteiger partial charge in [0.25, 0.3) is 0 Å². The number of carbonyl (C=O) groups excluding carboxylic acids is 1. The van der Waals surface area contributed by atoms with Crippen molar-refractivity contribution in [3.63, 3.8) is 0 Å². The summed E-state index contributed by atoms with van der Waals surface area (Å²) in [5.41, 5.74) is 2.10. The van der Waals surface area contributed by atoms with Crippen LogP contribution in [0.15, 0.2) is 30.3 Å². The third-order valence-electron chi connectivity index (χ3n) is 3.85. The van der Waals surface area contributed by atoms with Crippen LogP contribution in [0, 0.1) is 6.92 Å². The minimum Gasteiger partial charge on any atom is -0.480 e. The van der Waals surface area contributed by atoms with Crippen LogP contribution in [0.1, 0.15) is 36.8 Å². The van der Waals surface area contributed by atoms with E-state index in [2.05, 4.69) is 0 Å². The van der Waals surface area contributed by atoms with Crippen molar-refractivity contribution in [2.24, 2.45) is 0 Å². The first-order valence-electron chi connectivity index (χ1n) is 7.33. The fourth-order valence-electron chi connectivity index (χ4n) is 2.69. The van der Waals surface area contributed by atoms with E-state index in [0.29, 0.717) is 0 Å². The normalized spacial score (nSPS) is 15.5. The number of aryl methyl sites for hydroxylation is 1. The second-order valence-corrected chi connectivity index (χ2v) is 5.54. The van der Waals surface area contributed by atoms with Crippen molar-refractivity contribution in [1.82, 2.24) is 4.90 Å². The molecule has 0 bridgehead atoms. The first-order valence-corrected chi connectivity index (χ1v) is 7.33. The molecule has 1 amide bonds. The number of carboxylic acids is 1. The maximum atomic E-state index is 12.3. The summed E-state index contributed by atoms with van der Waals surface area (Å²) in [5.74, 6) is -1.18. The molecular weight excluding hydrogens is 266 g/mol. The van der Waals surface area contributed by atoms with E-state index in [0.717, 1.165) is 36.8 Å². The SMILES string of the molecule is Cc1ccc(/C=C/C(=O)N(CC(=O)O)C2CCCC2)cc1. The lowest BCUT2D eigenvalue weighted by Crippen LogP contribution is -2.41. The molecule has 0 saturated heterocycles. The molecule has 0 heterocycles. The lowest BCUT2D eigenvalue weighted by molar-refractivity contribution is -0.144. The van der Waals surface area contributed by atoms with E-state index in [1.165, 1.54) is 11.0 Å². The minimum absolute atomic E-state index is 0.0660. The van der Waals surface area contributed by atoms with Crippen LogP contribution in [0.2, 0.25) is 0 Å². The second kappa shape index (κ2) is 7.07. The number of aliphatic carboxylic acids is 1. The number of carbonyl (C=O) groups is 2. The van der Waals surface area contributed by atoms with Crippen LogP contribution in [0.4, 0.5) is 0 Å². The smallest absolute Gasteiger partial charge is 0.323 e. The standard InChI is InChI=1S/C17H21NO3/c1-13-6-8-14(9-7-13)10-11-16(19)18(12-17(20)21)15-4-2-3-5-15/h6-11,15H,2-5,12H2,1H3,(H,20,21)/b11-10+. The average Bonchev–Trinajstić information content (AvgIpc) is 2.97. The third kappa shape index (κ3) is 4.45. The Kier molecular flexibility index (Phi) is 5.14. The van der Waals surface area contributed by atoms with Gasteiger partial charge in [-0.2, -0.15) is 0 Å². The highest BCUT2D eigenvalue weighted by Gasteiger charge is 2.26. The molecule has 4 nitrogen and oxygen atoms in total. The Balaban J connectivity index is 2.06. The van der Waals surface area contributed by atoms with Gasteiger partial charge >= 0.3 is 5.97 Å². The molecule has 4 heteroatoms. The van der Waals surface area contributed by atoms with Gasteiger partial charge in [0.1, 0.15) is 6.54 Å². The Labute approximate surface area is 125 Å². The fourth-order valence-corrected chi connectivity index (χ4v) is 2.69. The minimum atomic E-state index is -0.959. The molecule has 0 atom stereocenters. The molecule has 1 N–H and O–H groups in total. The molecule has 1 fully saturated rings. The molecule has 0 aliphatic heterocycles. The number of hydrogen-bond acceptors (Lipinski definition) is 2. The van der Waals surface area contributed by atoms with Gasteiger partial charge in [-0.25, -0.2) is 0 Å². The number of rotatable bonds is 5. The summed E-state index contributed by atoms with van der Waals surface area (Å²) in [4.78, 5) is 24.7. The highest BCUT2D eigenvalue weighted by Crippen LogP contribution is 2.23. The quantitative estimate of drug-likeness (QED) is 0.847. The zero-order valence-electron chi connectivity index (χ0n) is 12.3. The predicted octanol–water partition coefficient (Wildman–Crippen LogP) is 2.86. The molecule has 1 saturated carbocycles. The Morgan fingerprint density at radius 2 is 1.86 bits per heavy atom. The Hall–Kier alpha value is -2.10. The number of amides is 1. The number of benzene rings is 1. The largest absolute Gasteiger partial charge is 0.480 e. The summed E-state index contributed by atoms with van der Waals surface area (Å²) in [7, 11) is 0. The summed E-state index contributed by atoms with van der Waals surface area (Å²) in [6.45, 7) is 1.79. The van der Waals surface area contributed by atoms with Crippen molar-refractivity contribution >= 4 is 18.0 Å². The Morgan fingerprint density at radius 3 is 2.43 bits per heavy atom. The van der Waals surface area contributed by atoms with E-state index in [1.807, 2.05) is 31.2 Å². The molecule has 1 aliphatic carbocycles. The number of nitrogens with zero attached hydrogens (tertiary/aromatic N) is 1.